The summed E-state index contributed by atoms with van der Waals surface area (Å²) in [5.74, 6) is -0.701. The Balaban J connectivity index is 2.72. The predicted molar refractivity (Wildman–Crippen MR) is 65.4 cm³/mol. The van der Waals surface area contributed by atoms with Crippen molar-refractivity contribution < 1.29 is 4.79 Å². The second kappa shape index (κ2) is 5.50. The highest BCUT2D eigenvalue weighted by Crippen LogP contribution is 2.04. The van der Waals surface area contributed by atoms with Gasteiger partial charge in [0.2, 0.25) is 11.9 Å². The van der Waals surface area contributed by atoms with Crippen LogP contribution in [0.5, 0.6) is 0 Å². The van der Waals surface area contributed by atoms with Crippen molar-refractivity contribution in [3.05, 3.63) is 35.4 Å². The van der Waals surface area contributed by atoms with Crippen LogP contribution >= 0.6 is 0 Å². The number of primary amides is 1. The SMILES string of the molecule is CC(=NNNC(=N)N)c1ccc(C(N)=O)cc1. The number of hydrazone groups is 1. The molecule has 1 rings (SSSR count). The van der Waals surface area contributed by atoms with E-state index in [9.17, 15) is 4.79 Å². The second-order valence-electron chi connectivity index (χ2n) is 3.29. The van der Waals surface area contributed by atoms with Gasteiger partial charge in [0, 0.05) is 5.56 Å². The zero-order valence-corrected chi connectivity index (χ0v) is 9.32. The van der Waals surface area contributed by atoms with Crippen LogP contribution in [0.15, 0.2) is 29.4 Å². The molecule has 0 bridgehead atoms. The minimum atomic E-state index is -0.470. The number of nitrogens with two attached hydrogens (primary N) is 2. The number of nitrogens with zero attached hydrogens (tertiary/aromatic N) is 1. The summed E-state index contributed by atoms with van der Waals surface area (Å²) >= 11 is 0. The van der Waals surface area contributed by atoms with Gasteiger partial charge in [-0.25, -0.2) is 5.53 Å². The zero-order valence-electron chi connectivity index (χ0n) is 9.32. The van der Waals surface area contributed by atoms with Gasteiger partial charge in [-0.05, 0) is 24.6 Å². The third-order valence-corrected chi connectivity index (χ3v) is 2.00. The fourth-order valence-corrected chi connectivity index (χ4v) is 1.11. The van der Waals surface area contributed by atoms with Gasteiger partial charge in [0.05, 0.1) is 5.71 Å². The molecule has 0 saturated carbocycles. The summed E-state index contributed by atoms with van der Waals surface area (Å²) in [6.45, 7) is 1.77. The first-order chi connectivity index (χ1) is 8.00. The van der Waals surface area contributed by atoms with Gasteiger partial charge in [0.1, 0.15) is 0 Å². The van der Waals surface area contributed by atoms with Gasteiger partial charge in [-0.2, -0.15) is 5.10 Å². The molecule has 0 spiro atoms. The topological polar surface area (TPSA) is 129 Å². The average molecular weight is 234 g/mol. The lowest BCUT2D eigenvalue weighted by Crippen LogP contribution is -2.39. The lowest BCUT2D eigenvalue weighted by molar-refractivity contribution is 0.100. The number of carbonyl (C=O) groups is 1. The standard InChI is InChI=1S/C10H14N6O/c1-6(14-16-15-10(12)13)7-2-4-8(5-3-7)9(11)17/h2-5,16H,1H3,(H2,11,17)(H4,12,13,15). The number of amides is 1. The van der Waals surface area contributed by atoms with Gasteiger partial charge in [0.25, 0.3) is 0 Å². The molecule has 1 aromatic rings. The molecule has 0 aliphatic heterocycles. The molecule has 0 radical (unpaired) electrons. The van der Waals surface area contributed by atoms with Crippen molar-refractivity contribution in [2.45, 2.75) is 6.92 Å². The summed E-state index contributed by atoms with van der Waals surface area (Å²) in [6, 6.07) is 6.70. The van der Waals surface area contributed by atoms with Crippen molar-refractivity contribution in [1.29, 1.82) is 5.41 Å². The zero-order chi connectivity index (χ0) is 12.8. The Hall–Kier alpha value is -2.57. The van der Waals surface area contributed by atoms with Crippen molar-refractivity contribution in [1.82, 2.24) is 11.0 Å². The third-order valence-electron chi connectivity index (χ3n) is 2.00. The van der Waals surface area contributed by atoms with E-state index in [0.29, 0.717) is 11.3 Å². The molecule has 0 saturated heterocycles. The van der Waals surface area contributed by atoms with Crippen LogP contribution < -0.4 is 22.4 Å². The predicted octanol–water partition coefficient (Wildman–Crippen LogP) is -0.503. The molecule has 0 fully saturated rings. The molecular formula is C10H14N6O. The quantitative estimate of drug-likeness (QED) is 0.273. The largest absolute Gasteiger partial charge is 0.369 e. The molecule has 0 unspecified atom stereocenters. The molecule has 1 aromatic carbocycles. The molecule has 0 aliphatic carbocycles. The van der Waals surface area contributed by atoms with Gasteiger partial charge in [0.15, 0.2) is 0 Å². The van der Waals surface area contributed by atoms with E-state index in [2.05, 4.69) is 16.1 Å². The smallest absolute Gasteiger partial charge is 0.248 e. The molecule has 1 amide bonds. The van der Waals surface area contributed by atoms with E-state index < -0.39 is 5.91 Å². The van der Waals surface area contributed by atoms with E-state index in [1.165, 1.54) is 0 Å². The lowest BCUT2D eigenvalue weighted by Gasteiger charge is -2.04. The summed E-state index contributed by atoms with van der Waals surface area (Å²) < 4.78 is 0. The van der Waals surface area contributed by atoms with Gasteiger partial charge in [-0.15, -0.1) is 0 Å². The average Bonchev–Trinajstić information content (AvgIpc) is 2.28. The van der Waals surface area contributed by atoms with Crippen LogP contribution in [0.3, 0.4) is 0 Å². The van der Waals surface area contributed by atoms with Crippen LogP contribution in [0.25, 0.3) is 0 Å². The molecule has 7 N–H and O–H groups in total. The van der Waals surface area contributed by atoms with Crippen LogP contribution in [0, 0.1) is 5.41 Å². The van der Waals surface area contributed by atoms with E-state index in [0.717, 1.165) is 5.56 Å². The normalized spacial score (nSPS) is 10.8. The number of guanidine groups is 1. The van der Waals surface area contributed by atoms with E-state index >= 15 is 0 Å². The molecule has 0 heterocycles. The van der Waals surface area contributed by atoms with E-state index in [-0.39, 0.29) is 5.96 Å². The van der Waals surface area contributed by atoms with Gasteiger partial charge in [-0.3, -0.25) is 15.6 Å². The fourth-order valence-electron chi connectivity index (χ4n) is 1.11. The summed E-state index contributed by atoms with van der Waals surface area (Å²) in [5.41, 5.74) is 16.9. The highest BCUT2D eigenvalue weighted by atomic mass is 16.1. The van der Waals surface area contributed by atoms with Gasteiger partial charge >= 0.3 is 0 Å². The first-order valence-corrected chi connectivity index (χ1v) is 4.80. The maximum Gasteiger partial charge on any atom is 0.248 e. The van der Waals surface area contributed by atoms with E-state index in [4.69, 9.17) is 16.9 Å². The molecule has 0 atom stereocenters. The van der Waals surface area contributed by atoms with Crippen molar-refractivity contribution >= 4 is 17.6 Å². The minimum absolute atomic E-state index is 0.231. The monoisotopic (exact) mass is 234 g/mol. The number of hydrogen-bond acceptors (Lipinski definition) is 4. The van der Waals surface area contributed by atoms with Crippen molar-refractivity contribution in [3.63, 3.8) is 0 Å². The summed E-state index contributed by atoms with van der Waals surface area (Å²) in [7, 11) is 0. The van der Waals surface area contributed by atoms with Crippen LogP contribution in [0.1, 0.15) is 22.8 Å². The van der Waals surface area contributed by atoms with Crippen LogP contribution in [0.4, 0.5) is 0 Å². The number of nitrogens with one attached hydrogen (secondary N) is 3. The Morgan fingerprint density at radius 2 is 1.76 bits per heavy atom. The van der Waals surface area contributed by atoms with Gasteiger partial charge < -0.3 is 11.5 Å². The molecule has 7 nitrogen and oxygen atoms in total. The Bertz CT molecular complexity index is 450. The number of hydrazine groups is 1. The highest BCUT2D eigenvalue weighted by Gasteiger charge is 2.01. The number of benzene rings is 1. The minimum Gasteiger partial charge on any atom is -0.369 e. The van der Waals surface area contributed by atoms with Crippen LogP contribution in [0.2, 0.25) is 0 Å². The van der Waals surface area contributed by atoms with Crippen molar-refractivity contribution in [2.75, 3.05) is 0 Å². The number of carbonyl (C=O) groups excluding carboxylic acids is 1. The van der Waals surface area contributed by atoms with Crippen molar-refractivity contribution in [3.8, 4) is 0 Å². The maximum absolute atomic E-state index is 10.9. The molecule has 0 aromatic heterocycles. The van der Waals surface area contributed by atoms with Crippen LogP contribution in [-0.2, 0) is 0 Å². The molecule has 90 valence electrons. The Morgan fingerprint density at radius 3 is 2.24 bits per heavy atom. The molecule has 17 heavy (non-hydrogen) atoms. The first kappa shape index (κ1) is 12.5. The Morgan fingerprint density at radius 1 is 1.24 bits per heavy atom. The Labute approximate surface area is 98.4 Å². The first-order valence-electron chi connectivity index (χ1n) is 4.80. The summed E-state index contributed by atoms with van der Waals surface area (Å²) in [6.07, 6.45) is 0. The van der Waals surface area contributed by atoms with Crippen molar-refractivity contribution in [2.24, 2.45) is 16.6 Å². The van der Waals surface area contributed by atoms with E-state index in [1.807, 2.05) is 0 Å². The Kier molecular flexibility index (Phi) is 4.04. The summed E-state index contributed by atoms with van der Waals surface area (Å²) in [5, 5.41) is 10.8. The van der Waals surface area contributed by atoms with Crippen LogP contribution in [-0.4, -0.2) is 17.6 Å². The number of rotatable bonds is 4. The second-order valence-corrected chi connectivity index (χ2v) is 3.29. The molecule has 7 heteroatoms. The lowest BCUT2D eigenvalue weighted by atomic mass is 10.1. The van der Waals surface area contributed by atoms with Gasteiger partial charge in [-0.1, -0.05) is 12.1 Å². The number of hydrogen-bond donors (Lipinski definition) is 5. The highest BCUT2D eigenvalue weighted by molar-refractivity contribution is 6.00. The third kappa shape index (κ3) is 3.82. The molecule has 0 aliphatic rings. The molecular weight excluding hydrogens is 220 g/mol. The maximum atomic E-state index is 10.9. The van der Waals surface area contributed by atoms with E-state index in [1.54, 1.807) is 31.2 Å². The summed E-state index contributed by atoms with van der Waals surface area (Å²) in [4.78, 5) is 10.9. The fraction of sp³-hybridized carbons (Fsp3) is 0.100.